The fourth-order valence-electron chi connectivity index (χ4n) is 2.33. The maximum atomic E-state index is 5.67. The lowest BCUT2D eigenvalue weighted by Gasteiger charge is -2.07. The van der Waals surface area contributed by atoms with Gasteiger partial charge in [-0.1, -0.05) is 24.3 Å². The molecule has 1 aliphatic carbocycles. The van der Waals surface area contributed by atoms with E-state index in [1.165, 1.54) is 28.9 Å². The molecule has 1 aromatic carbocycles. The Bertz CT molecular complexity index is 490. The molecule has 3 heteroatoms. The fourth-order valence-corrected chi connectivity index (χ4v) is 2.94. The van der Waals surface area contributed by atoms with Crippen LogP contribution < -0.4 is 5.73 Å². The van der Waals surface area contributed by atoms with Crippen molar-refractivity contribution in [2.24, 2.45) is 0 Å². The second-order valence-electron chi connectivity index (χ2n) is 3.90. The summed E-state index contributed by atoms with van der Waals surface area (Å²) in [5.41, 5.74) is 9.71. The topological polar surface area (TPSA) is 38.9 Å². The predicted molar refractivity (Wildman–Crippen MR) is 63.1 cm³/mol. The van der Waals surface area contributed by atoms with Crippen LogP contribution in [0.25, 0.3) is 0 Å². The molecule has 3 rings (SSSR count). The number of hydrogen-bond donors (Lipinski definition) is 1. The van der Waals surface area contributed by atoms with Gasteiger partial charge in [0, 0.05) is 11.3 Å². The number of nitrogens with zero attached hydrogens (tertiary/aromatic N) is 1. The lowest BCUT2D eigenvalue weighted by Crippen LogP contribution is -1.96. The van der Waals surface area contributed by atoms with Crippen molar-refractivity contribution < 1.29 is 0 Å². The van der Waals surface area contributed by atoms with Crippen LogP contribution in [0.2, 0.25) is 0 Å². The molecule has 0 fully saturated rings. The summed E-state index contributed by atoms with van der Waals surface area (Å²) in [6.07, 6.45) is 2.33. The summed E-state index contributed by atoms with van der Waals surface area (Å²) in [6.45, 7) is 0. The molecule has 1 heterocycles. The van der Waals surface area contributed by atoms with E-state index in [2.05, 4.69) is 34.6 Å². The van der Waals surface area contributed by atoms with Gasteiger partial charge in [-0.05, 0) is 24.0 Å². The highest BCUT2D eigenvalue weighted by molar-refractivity contribution is 7.13. The second-order valence-corrected chi connectivity index (χ2v) is 4.79. The highest BCUT2D eigenvalue weighted by Crippen LogP contribution is 2.38. The molecule has 2 nitrogen and oxygen atoms in total. The predicted octanol–water partition coefficient (Wildman–Crippen LogP) is 2.80. The third kappa shape index (κ3) is 1.43. The highest BCUT2D eigenvalue weighted by atomic mass is 32.1. The highest BCUT2D eigenvalue weighted by Gasteiger charge is 2.24. The average molecular weight is 216 g/mol. The minimum Gasteiger partial charge on any atom is -0.375 e. The zero-order valence-corrected chi connectivity index (χ0v) is 9.13. The van der Waals surface area contributed by atoms with E-state index in [1.807, 2.05) is 0 Å². The monoisotopic (exact) mass is 216 g/mol. The molecule has 0 amide bonds. The number of fused-ring (bicyclic) bond motifs is 1. The molecule has 0 saturated heterocycles. The van der Waals surface area contributed by atoms with Crippen molar-refractivity contribution >= 4 is 16.5 Å². The van der Waals surface area contributed by atoms with Gasteiger partial charge in [0.25, 0.3) is 0 Å². The van der Waals surface area contributed by atoms with Gasteiger partial charge in [-0.25, -0.2) is 4.98 Å². The normalized spacial score (nSPS) is 19.1. The first-order chi connectivity index (χ1) is 7.34. The van der Waals surface area contributed by atoms with Crippen LogP contribution in [0.15, 0.2) is 29.6 Å². The van der Waals surface area contributed by atoms with Crippen LogP contribution in [0.4, 0.5) is 5.13 Å². The number of aromatic nitrogens is 1. The Morgan fingerprint density at radius 1 is 1.33 bits per heavy atom. The maximum Gasteiger partial charge on any atom is 0.180 e. The Hall–Kier alpha value is -1.35. The first-order valence-electron chi connectivity index (χ1n) is 5.13. The second kappa shape index (κ2) is 3.35. The lowest BCUT2D eigenvalue weighted by atomic mass is 9.99. The Labute approximate surface area is 92.8 Å². The van der Waals surface area contributed by atoms with Crippen molar-refractivity contribution in [1.82, 2.24) is 4.98 Å². The minimum absolute atomic E-state index is 0.467. The van der Waals surface area contributed by atoms with Crippen molar-refractivity contribution in [2.45, 2.75) is 18.8 Å². The molecule has 0 spiro atoms. The first kappa shape index (κ1) is 8.92. The van der Waals surface area contributed by atoms with Gasteiger partial charge >= 0.3 is 0 Å². The fraction of sp³-hybridized carbons (Fsp3) is 0.250. The number of rotatable bonds is 1. The molecule has 1 unspecified atom stereocenters. The number of nitrogen functional groups attached to an aromatic ring is 1. The first-order valence-corrected chi connectivity index (χ1v) is 6.01. The van der Waals surface area contributed by atoms with Crippen LogP contribution in [-0.4, -0.2) is 4.98 Å². The van der Waals surface area contributed by atoms with Gasteiger partial charge in [-0.2, -0.15) is 0 Å². The number of anilines is 1. The zero-order valence-electron chi connectivity index (χ0n) is 8.31. The van der Waals surface area contributed by atoms with Crippen LogP contribution in [0.3, 0.4) is 0 Å². The maximum absolute atomic E-state index is 5.67. The minimum atomic E-state index is 0.467. The van der Waals surface area contributed by atoms with Gasteiger partial charge in [0.2, 0.25) is 0 Å². The van der Waals surface area contributed by atoms with Crippen molar-refractivity contribution in [1.29, 1.82) is 0 Å². The van der Waals surface area contributed by atoms with E-state index < -0.39 is 0 Å². The number of benzene rings is 1. The molecule has 2 N–H and O–H groups in total. The van der Waals surface area contributed by atoms with E-state index in [9.17, 15) is 0 Å². The van der Waals surface area contributed by atoms with E-state index in [4.69, 9.17) is 5.73 Å². The molecule has 0 saturated carbocycles. The van der Waals surface area contributed by atoms with Crippen LogP contribution in [0.5, 0.6) is 0 Å². The molecule has 1 atom stereocenters. The summed E-state index contributed by atoms with van der Waals surface area (Å²) in [5.74, 6) is 0.467. The number of thiazole rings is 1. The molecular weight excluding hydrogens is 204 g/mol. The Morgan fingerprint density at radius 2 is 2.20 bits per heavy atom. The zero-order chi connectivity index (χ0) is 10.3. The molecule has 1 aromatic heterocycles. The largest absolute Gasteiger partial charge is 0.375 e. The third-order valence-corrected chi connectivity index (χ3v) is 3.72. The van der Waals surface area contributed by atoms with E-state index in [-0.39, 0.29) is 0 Å². The van der Waals surface area contributed by atoms with Crippen molar-refractivity contribution in [3.8, 4) is 0 Å². The number of aryl methyl sites for hydroxylation is 1. The van der Waals surface area contributed by atoms with Gasteiger partial charge in [0.05, 0.1) is 5.69 Å². The van der Waals surface area contributed by atoms with Crippen molar-refractivity contribution in [3.05, 3.63) is 46.5 Å². The molecule has 0 radical (unpaired) electrons. The van der Waals surface area contributed by atoms with Crippen molar-refractivity contribution in [3.63, 3.8) is 0 Å². The number of nitrogens with two attached hydrogens (primary N) is 1. The van der Waals surface area contributed by atoms with Crippen LogP contribution in [0, 0.1) is 0 Å². The summed E-state index contributed by atoms with van der Waals surface area (Å²) < 4.78 is 0. The average Bonchev–Trinajstić information content (AvgIpc) is 2.83. The van der Waals surface area contributed by atoms with Gasteiger partial charge < -0.3 is 5.73 Å². The number of hydrogen-bond acceptors (Lipinski definition) is 3. The standard InChI is InChI=1S/C12H12N2S/c13-12-14-11(7-15-12)10-6-5-8-3-1-2-4-9(8)10/h1-4,7,10H,5-6H2,(H2,13,14). The molecule has 0 bridgehead atoms. The molecule has 15 heavy (non-hydrogen) atoms. The van der Waals surface area contributed by atoms with Gasteiger partial charge in [0.1, 0.15) is 0 Å². The van der Waals surface area contributed by atoms with E-state index in [0.717, 1.165) is 12.1 Å². The third-order valence-electron chi connectivity index (χ3n) is 3.03. The van der Waals surface area contributed by atoms with Crippen LogP contribution in [0.1, 0.15) is 29.2 Å². The Morgan fingerprint density at radius 3 is 3.00 bits per heavy atom. The van der Waals surface area contributed by atoms with Gasteiger partial charge in [-0.3, -0.25) is 0 Å². The van der Waals surface area contributed by atoms with Crippen LogP contribution >= 0.6 is 11.3 Å². The molecule has 76 valence electrons. The lowest BCUT2D eigenvalue weighted by molar-refractivity contribution is 0.768. The quantitative estimate of drug-likeness (QED) is 0.796. The summed E-state index contributed by atoms with van der Waals surface area (Å²) in [4.78, 5) is 4.39. The summed E-state index contributed by atoms with van der Waals surface area (Å²) in [6, 6.07) is 8.64. The van der Waals surface area contributed by atoms with E-state index >= 15 is 0 Å². The Balaban J connectivity index is 2.04. The SMILES string of the molecule is Nc1nc(C2CCc3ccccc32)cs1. The van der Waals surface area contributed by atoms with E-state index in [1.54, 1.807) is 0 Å². The van der Waals surface area contributed by atoms with E-state index in [0.29, 0.717) is 11.0 Å². The molecule has 1 aliphatic rings. The van der Waals surface area contributed by atoms with Gasteiger partial charge in [-0.15, -0.1) is 11.3 Å². The van der Waals surface area contributed by atoms with Gasteiger partial charge in [0.15, 0.2) is 5.13 Å². The smallest absolute Gasteiger partial charge is 0.180 e. The molecular formula is C12H12N2S. The summed E-state index contributed by atoms with van der Waals surface area (Å²) in [5, 5.41) is 2.76. The molecule has 0 aliphatic heterocycles. The summed E-state index contributed by atoms with van der Waals surface area (Å²) >= 11 is 1.53. The summed E-state index contributed by atoms with van der Waals surface area (Å²) in [7, 11) is 0. The molecule has 2 aromatic rings. The Kier molecular flexibility index (Phi) is 1.99. The van der Waals surface area contributed by atoms with Crippen molar-refractivity contribution in [2.75, 3.05) is 5.73 Å². The van der Waals surface area contributed by atoms with Crippen LogP contribution in [-0.2, 0) is 6.42 Å².